The molecule has 25 heavy (non-hydrogen) atoms. The standard InChI is InChI=1S/C20H15N5/c1-3-14-7-8-19-16(9-14)11-21-20(24-19)23-18-6-4-5-15(10-18)17-12-22-25(2)13-17/h1,4-13H,2H3,(H,21,23,24). The first-order valence-electron chi connectivity index (χ1n) is 7.81. The molecule has 0 amide bonds. The van der Waals surface area contributed by atoms with Crippen LogP contribution in [0.15, 0.2) is 61.1 Å². The van der Waals surface area contributed by atoms with E-state index in [-0.39, 0.29) is 0 Å². The van der Waals surface area contributed by atoms with Crippen LogP contribution in [0.4, 0.5) is 11.6 Å². The van der Waals surface area contributed by atoms with E-state index in [1.807, 2.05) is 61.9 Å². The molecule has 5 nitrogen and oxygen atoms in total. The summed E-state index contributed by atoms with van der Waals surface area (Å²) in [5.41, 5.74) is 4.73. The molecule has 0 unspecified atom stereocenters. The van der Waals surface area contributed by atoms with Crippen molar-refractivity contribution in [1.82, 2.24) is 19.7 Å². The van der Waals surface area contributed by atoms with Gasteiger partial charge in [0.1, 0.15) is 0 Å². The number of aromatic nitrogens is 4. The highest BCUT2D eigenvalue weighted by molar-refractivity contribution is 5.81. The number of hydrogen-bond donors (Lipinski definition) is 1. The monoisotopic (exact) mass is 325 g/mol. The van der Waals surface area contributed by atoms with E-state index in [4.69, 9.17) is 6.42 Å². The van der Waals surface area contributed by atoms with Crippen LogP contribution in [0.25, 0.3) is 22.0 Å². The Morgan fingerprint density at radius 1 is 1.08 bits per heavy atom. The molecule has 4 aromatic rings. The normalized spacial score (nSPS) is 10.6. The summed E-state index contributed by atoms with van der Waals surface area (Å²) in [5, 5.41) is 8.39. The van der Waals surface area contributed by atoms with Crippen molar-refractivity contribution < 1.29 is 0 Å². The van der Waals surface area contributed by atoms with Crippen LogP contribution in [0, 0.1) is 12.3 Å². The van der Waals surface area contributed by atoms with E-state index < -0.39 is 0 Å². The van der Waals surface area contributed by atoms with Gasteiger partial charge in [0, 0.05) is 41.6 Å². The maximum atomic E-state index is 5.43. The van der Waals surface area contributed by atoms with Gasteiger partial charge in [0.25, 0.3) is 0 Å². The first-order chi connectivity index (χ1) is 12.2. The summed E-state index contributed by atoms with van der Waals surface area (Å²) in [6.07, 6.45) is 11.0. The molecule has 2 aromatic heterocycles. The van der Waals surface area contributed by atoms with Crippen LogP contribution in [-0.4, -0.2) is 19.7 Å². The minimum Gasteiger partial charge on any atom is -0.324 e. The lowest BCUT2D eigenvalue weighted by Gasteiger charge is -2.07. The quantitative estimate of drug-likeness (QED) is 0.583. The zero-order valence-corrected chi connectivity index (χ0v) is 13.6. The Kier molecular flexibility index (Phi) is 3.64. The summed E-state index contributed by atoms with van der Waals surface area (Å²) in [6, 6.07) is 13.8. The van der Waals surface area contributed by atoms with Crippen molar-refractivity contribution in [3.05, 3.63) is 66.6 Å². The van der Waals surface area contributed by atoms with E-state index in [9.17, 15) is 0 Å². The van der Waals surface area contributed by atoms with Gasteiger partial charge in [-0.2, -0.15) is 5.10 Å². The minimum atomic E-state index is 0.546. The molecule has 2 aromatic carbocycles. The highest BCUT2D eigenvalue weighted by Gasteiger charge is 2.04. The fourth-order valence-corrected chi connectivity index (χ4v) is 2.66. The lowest BCUT2D eigenvalue weighted by molar-refractivity contribution is 0.768. The SMILES string of the molecule is C#Cc1ccc2nc(Nc3cccc(-c4cnn(C)c4)c3)ncc2c1. The molecule has 0 saturated carbocycles. The van der Waals surface area contributed by atoms with E-state index in [1.165, 1.54) is 0 Å². The predicted molar refractivity (Wildman–Crippen MR) is 99.4 cm³/mol. The Morgan fingerprint density at radius 2 is 2.00 bits per heavy atom. The van der Waals surface area contributed by atoms with Gasteiger partial charge in [0.05, 0.1) is 11.7 Å². The second kappa shape index (κ2) is 6.10. The third kappa shape index (κ3) is 3.06. The Bertz CT molecular complexity index is 1100. The Hall–Kier alpha value is -3.65. The van der Waals surface area contributed by atoms with Crippen molar-refractivity contribution in [2.24, 2.45) is 7.05 Å². The number of rotatable bonds is 3. The lowest BCUT2D eigenvalue weighted by atomic mass is 10.1. The van der Waals surface area contributed by atoms with Crippen molar-refractivity contribution in [3.63, 3.8) is 0 Å². The van der Waals surface area contributed by atoms with Gasteiger partial charge in [0.2, 0.25) is 5.95 Å². The van der Waals surface area contributed by atoms with Crippen molar-refractivity contribution in [2.75, 3.05) is 5.32 Å². The van der Waals surface area contributed by atoms with Crippen LogP contribution >= 0.6 is 0 Å². The number of anilines is 2. The molecule has 1 N–H and O–H groups in total. The first-order valence-corrected chi connectivity index (χ1v) is 7.81. The minimum absolute atomic E-state index is 0.546. The van der Waals surface area contributed by atoms with Crippen LogP contribution in [-0.2, 0) is 7.05 Å². The van der Waals surface area contributed by atoms with Gasteiger partial charge >= 0.3 is 0 Å². The number of aryl methyl sites for hydroxylation is 1. The van der Waals surface area contributed by atoms with E-state index >= 15 is 0 Å². The van der Waals surface area contributed by atoms with Gasteiger partial charge < -0.3 is 5.32 Å². The van der Waals surface area contributed by atoms with Crippen LogP contribution < -0.4 is 5.32 Å². The Balaban J connectivity index is 1.64. The second-order valence-electron chi connectivity index (χ2n) is 5.72. The third-order valence-electron chi connectivity index (χ3n) is 3.90. The largest absolute Gasteiger partial charge is 0.324 e. The molecule has 120 valence electrons. The van der Waals surface area contributed by atoms with Gasteiger partial charge in [-0.3, -0.25) is 4.68 Å². The van der Waals surface area contributed by atoms with Gasteiger partial charge in [-0.15, -0.1) is 6.42 Å². The van der Waals surface area contributed by atoms with Gasteiger partial charge in [-0.1, -0.05) is 18.1 Å². The summed E-state index contributed by atoms with van der Waals surface area (Å²) in [4.78, 5) is 8.92. The van der Waals surface area contributed by atoms with Gasteiger partial charge in [-0.05, 0) is 35.9 Å². The topological polar surface area (TPSA) is 55.6 Å². The number of fused-ring (bicyclic) bond motifs is 1. The molecule has 0 aliphatic carbocycles. The molecule has 0 bridgehead atoms. The lowest BCUT2D eigenvalue weighted by Crippen LogP contribution is -1.97. The molecular weight excluding hydrogens is 310 g/mol. The summed E-state index contributed by atoms with van der Waals surface area (Å²) < 4.78 is 1.78. The molecule has 5 heteroatoms. The average Bonchev–Trinajstić information content (AvgIpc) is 3.08. The molecule has 0 fully saturated rings. The molecule has 4 rings (SSSR count). The second-order valence-corrected chi connectivity index (χ2v) is 5.72. The van der Waals surface area contributed by atoms with Crippen LogP contribution in [0.3, 0.4) is 0 Å². The van der Waals surface area contributed by atoms with Crippen molar-refractivity contribution in [1.29, 1.82) is 0 Å². The first kappa shape index (κ1) is 14.9. The molecule has 0 spiro atoms. The summed E-state index contributed by atoms with van der Waals surface area (Å²) in [5.74, 6) is 3.16. The van der Waals surface area contributed by atoms with Gasteiger partial charge in [0.15, 0.2) is 0 Å². The fraction of sp³-hybridized carbons (Fsp3) is 0.0500. The number of nitrogens with zero attached hydrogens (tertiary/aromatic N) is 4. The zero-order valence-electron chi connectivity index (χ0n) is 13.6. The number of nitrogens with one attached hydrogen (secondary N) is 1. The Labute approximate surface area is 145 Å². The van der Waals surface area contributed by atoms with E-state index in [2.05, 4.69) is 26.3 Å². The van der Waals surface area contributed by atoms with Gasteiger partial charge in [-0.25, -0.2) is 9.97 Å². The van der Waals surface area contributed by atoms with Crippen LogP contribution in [0.1, 0.15) is 5.56 Å². The van der Waals surface area contributed by atoms with Crippen LogP contribution in [0.2, 0.25) is 0 Å². The van der Waals surface area contributed by atoms with Crippen molar-refractivity contribution in [3.8, 4) is 23.5 Å². The number of benzene rings is 2. The van der Waals surface area contributed by atoms with E-state index in [0.29, 0.717) is 5.95 Å². The molecule has 0 atom stereocenters. The highest BCUT2D eigenvalue weighted by atomic mass is 15.2. The van der Waals surface area contributed by atoms with E-state index in [0.717, 1.165) is 33.3 Å². The molecule has 0 radical (unpaired) electrons. The number of hydrogen-bond acceptors (Lipinski definition) is 4. The van der Waals surface area contributed by atoms with Crippen LogP contribution in [0.5, 0.6) is 0 Å². The predicted octanol–water partition coefficient (Wildman–Crippen LogP) is 3.76. The molecule has 0 saturated heterocycles. The zero-order chi connectivity index (χ0) is 17.2. The summed E-state index contributed by atoms with van der Waals surface area (Å²) >= 11 is 0. The molecular formula is C20H15N5. The van der Waals surface area contributed by atoms with E-state index in [1.54, 1.807) is 10.9 Å². The number of terminal acetylenes is 1. The molecule has 2 heterocycles. The maximum absolute atomic E-state index is 5.43. The molecule has 0 aliphatic heterocycles. The highest BCUT2D eigenvalue weighted by Crippen LogP contribution is 2.24. The summed E-state index contributed by atoms with van der Waals surface area (Å²) in [6.45, 7) is 0. The average molecular weight is 325 g/mol. The molecule has 0 aliphatic rings. The van der Waals surface area contributed by atoms with Crippen molar-refractivity contribution in [2.45, 2.75) is 0 Å². The maximum Gasteiger partial charge on any atom is 0.227 e. The fourth-order valence-electron chi connectivity index (χ4n) is 2.66. The summed E-state index contributed by atoms with van der Waals surface area (Å²) in [7, 11) is 1.90. The third-order valence-corrected chi connectivity index (χ3v) is 3.90. The Morgan fingerprint density at radius 3 is 2.80 bits per heavy atom. The smallest absolute Gasteiger partial charge is 0.227 e. The van der Waals surface area contributed by atoms with Crippen molar-refractivity contribution >= 4 is 22.5 Å².